The molecule has 2 aromatic heterocycles. The molecule has 9 heteroatoms. The number of hydrogen-bond acceptors (Lipinski definition) is 7. The summed E-state index contributed by atoms with van der Waals surface area (Å²) in [6.45, 7) is 5.95. The van der Waals surface area contributed by atoms with Gasteiger partial charge in [0.25, 0.3) is 0 Å². The molecule has 1 aliphatic heterocycles. The fourth-order valence-electron chi connectivity index (χ4n) is 4.94. The van der Waals surface area contributed by atoms with Gasteiger partial charge in [0.2, 0.25) is 11.8 Å². The number of halogens is 1. The number of methoxy groups -OCH3 is 1. The lowest BCUT2D eigenvalue weighted by molar-refractivity contribution is 0.372. The first-order chi connectivity index (χ1) is 16.0. The highest BCUT2D eigenvalue weighted by atomic mass is 19.1. The molecule has 1 saturated carbocycles. The third kappa shape index (κ3) is 4.44. The Kier molecular flexibility index (Phi) is 5.78. The monoisotopic (exact) mass is 452 g/mol. The molecule has 0 amide bonds. The fourth-order valence-corrected chi connectivity index (χ4v) is 4.94. The van der Waals surface area contributed by atoms with Crippen LogP contribution in [-0.4, -0.2) is 46.0 Å². The first kappa shape index (κ1) is 21.5. The molecule has 1 N–H and O–H groups in total. The molecule has 3 heterocycles. The fraction of sp³-hybridized carbons (Fsp3) is 0.458. The molecule has 0 spiro atoms. The second-order valence-corrected chi connectivity index (χ2v) is 9.04. The summed E-state index contributed by atoms with van der Waals surface area (Å²) in [5.41, 5.74) is 1.14. The van der Waals surface area contributed by atoms with Crippen LogP contribution in [0.25, 0.3) is 0 Å². The third-order valence-corrected chi connectivity index (χ3v) is 6.52. The Balaban J connectivity index is 1.31. The van der Waals surface area contributed by atoms with Gasteiger partial charge in [-0.05, 0) is 56.7 Å². The average Bonchev–Trinajstić information content (AvgIpc) is 3.29. The highest BCUT2D eigenvalue weighted by molar-refractivity contribution is 5.49. The van der Waals surface area contributed by atoms with Crippen LogP contribution in [0, 0.1) is 17.7 Å². The lowest BCUT2D eigenvalue weighted by Crippen LogP contribution is -2.48. The molecule has 0 radical (unpaired) electrons. The van der Waals surface area contributed by atoms with Gasteiger partial charge in [-0.15, -0.1) is 5.10 Å². The van der Waals surface area contributed by atoms with Crippen molar-refractivity contribution >= 4 is 11.6 Å². The smallest absolute Gasteiger partial charge is 0.322 e. The number of hydrogen-bond donors (Lipinski definition) is 1. The number of benzene rings is 1. The van der Waals surface area contributed by atoms with E-state index in [-0.39, 0.29) is 11.9 Å². The van der Waals surface area contributed by atoms with Crippen LogP contribution in [0.4, 0.5) is 16.0 Å². The second kappa shape index (κ2) is 8.88. The molecule has 2 aliphatic rings. The maximum atomic E-state index is 13.6. The number of ether oxygens (including phenoxy) is 2. The van der Waals surface area contributed by atoms with Crippen LogP contribution in [0.2, 0.25) is 0 Å². The lowest BCUT2D eigenvalue weighted by atomic mass is 9.92. The van der Waals surface area contributed by atoms with Crippen molar-refractivity contribution in [3.63, 3.8) is 0 Å². The van der Waals surface area contributed by atoms with E-state index in [1.807, 2.05) is 26.0 Å². The van der Waals surface area contributed by atoms with Crippen molar-refractivity contribution in [2.75, 3.05) is 30.4 Å². The molecule has 174 valence electrons. The third-order valence-electron chi connectivity index (χ3n) is 6.52. The number of piperidine rings is 1. The molecule has 3 atom stereocenters. The summed E-state index contributed by atoms with van der Waals surface area (Å²) >= 11 is 0. The van der Waals surface area contributed by atoms with Crippen molar-refractivity contribution in [3.8, 4) is 17.6 Å². The summed E-state index contributed by atoms with van der Waals surface area (Å²) < 4.78 is 26.5. The molecular formula is C24H29FN6O2. The van der Waals surface area contributed by atoms with Gasteiger partial charge in [-0.2, -0.15) is 4.98 Å². The molecule has 3 aromatic rings. The minimum Gasteiger partial charge on any atom is -0.481 e. The maximum Gasteiger partial charge on any atom is 0.322 e. The summed E-state index contributed by atoms with van der Waals surface area (Å²) in [6, 6.07) is 10.8. The first-order valence-electron chi connectivity index (χ1n) is 11.4. The Bertz CT molecular complexity index is 1110. The number of aromatic nitrogens is 4. The number of rotatable bonds is 7. The van der Waals surface area contributed by atoms with Gasteiger partial charge < -0.3 is 19.7 Å². The highest BCUT2D eigenvalue weighted by Gasteiger charge is 2.42. The number of anilines is 2. The van der Waals surface area contributed by atoms with E-state index in [1.54, 1.807) is 30.1 Å². The topological polar surface area (TPSA) is 77.3 Å². The largest absolute Gasteiger partial charge is 0.481 e. The van der Waals surface area contributed by atoms with Crippen molar-refractivity contribution in [2.45, 2.75) is 38.8 Å². The maximum absolute atomic E-state index is 13.6. The van der Waals surface area contributed by atoms with Crippen molar-refractivity contribution in [1.82, 2.24) is 19.7 Å². The van der Waals surface area contributed by atoms with Gasteiger partial charge in [-0.1, -0.05) is 6.07 Å². The van der Waals surface area contributed by atoms with Crippen LogP contribution in [0.5, 0.6) is 17.6 Å². The van der Waals surface area contributed by atoms with Crippen molar-refractivity contribution in [2.24, 2.45) is 11.8 Å². The molecule has 0 unspecified atom stereocenters. The van der Waals surface area contributed by atoms with Crippen molar-refractivity contribution < 1.29 is 13.9 Å². The average molecular weight is 453 g/mol. The Morgan fingerprint density at radius 1 is 1.12 bits per heavy atom. The number of nitrogens with one attached hydrogen (secondary N) is 1. The zero-order valence-corrected chi connectivity index (χ0v) is 19.1. The zero-order chi connectivity index (χ0) is 22.9. The molecule has 2 bridgehead atoms. The molecule has 1 aromatic carbocycles. The van der Waals surface area contributed by atoms with Gasteiger partial charge in [0.05, 0.1) is 13.2 Å². The number of fused-ring (bicyclic) bond motifs is 2. The Labute approximate surface area is 192 Å². The van der Waals surface area contributed by atoms with Gasteiger partial charge >= 0.3 is 6.01 Å². The van der Waals surface area contributed by atoms with Gasteiger partial charge in [-0.3, -0.25) is 0 Å². The van der Waals surface area contributed by atoms with Crippen LogP contribution in [-0.2, 0) is 0 Å². The van der Waals surface area contributed by atoms with Gasteiger partial charge in [0, 0.05) is 43.1 Å². The van der Waals surface area contributed by atoms with E-state index in [0.29, 0.717) is 41.5 Å². The number of nitrogens with zero attached hydrogens (tertiary/aromatic N) is 5. The lowest BCUT2D eigenvalue weighted by Gasteiger charge is -2.39. The van der Waals surface area contributed by atoms with E-state index >= 15 is 0 Å². The highest BCUT2D eigenvalue weighted by Crippen LogP contribution is 2.40. The van der Waals surface area contributed by atoms with Crippen LogP contribution in [0.1, 0.15) is 32.7 Å². The second-order valence-electron chi connectivity index (χ2n) is 9.04. The van der Waals surface area contributed by atoms with E-state index in [2.05, 4.69) is 25.3 Å². The molecule has 8 nitrogen and oxygen atoms in total. The van der Waals surface area contributed by atoms with E-state index in [4.69, 9.17) is 9.47 Å². The Hall–Kier alpha value is -3.36. The predicted octanol–water partition coefficient (Wildman–Crippen LogP) is 4.52. The molecule has 5 rings (SSSR count). The summed E-state index contributed by atoms with van der Waals surface area (Å²) in [7, 11) is 1.64. The van der Waals surface area contributed by atoms with Crippen LogP contribution in [0.15, 0.2) is 42.6 Å². The quantitative estimate of drug-likeness (QED) is 0.565. The van der Waals surface area contributed by atoms with E-state index < -0.39 is 0 Å². The zero-order valence-electron chi connectivity index (χ0n) is 19.1. The Morgan fingerprint density at radius 2 is 1.91 bits per heavy atom. The van der Waals surface area contributed by atoms with E-state index in [9.17, 15) is 4.39 Å². The SMILES string of the molecule is COc1cc(N2C[C@H]3CC[C@@H](C2)[C@@H]3Nc2nc(Oc3cccc(F)c3)n(C(C)C)n2)ccn1. The number of pyridine rings is 1. The predicted molar refractivity (Wildman–Crippen MR) is 124 cm³/mol. The van der Waals surface area contributed by atoms with Gasteiger partial charge in [-0.25, -0.2) is 14.1 Å². The summed E-state index contributed by atoms with van der Waals surface area (Å²) in [6.07, 6.45) is 4.13. The van der Waals surface area contributed by atoms with Crippen LogP contribution < -0.4 is 19.7 Å². The minimum absolute atomic E-state index is 0.0526. The van der Waals surface area contributed by atoms with Crippen molar-refractivity contribution in [1.29, 1.82) is 0 Å². The first-order valence-corrected chi connectivity index (χ1v) is 11.4. The molecule has 2 fully saturated rings. The van der Waals surface area contributed by atoms with Crippen LogP contribution >= 0.6 is 0 Å². The molecular weight excluding hydrogens is 423 g/mol. The van der Waals surface area contributed by atoms with Gasteiger partial charge in [0.1, 0.15) is 11.6 Å². The molecule has 1 saturated heterocycles. The van der Waals surface area contributed by atoms with Gasteiger partial charge in [0.15, 0.2) is 0 Å². The van der Waals surface area contributed by atoms with E-state index in [1.165, 1.54) is 25.0 Å². The van der Waals surface area contributed by atoms with Crippen molar-refractivity contribution in [3.05, 3.63) is 48.4 Å². The Morgan fingerprint density at radius 3 is 2.61 bits per heavy atom. The normalized spacial score (nSPS) is 22.0. The standard InChI is InChI=1S/C24H29FN6O2/c1-15(2)31-24(33-20-6-4-5-18(25)11-20)28-23(29-31)27-22-16-7-8-17(22)14-30(13-16)19-9-10-26-21(12-19)32-3/h4-6,9-12,15-17,22H,7-8,13-14H2,1-3H3,(H,27,29)/t16-,17+,22-. The summed E-state index contributed by atoms with van der Waals surface area (Å²) in [5, 5.41) is 8.25. The molecule has 1 aliphatic carbocycles. The molecule has 33 heavy (non-hydrogen) atoms. The minimum atomic E-state index is -0.350. The summed E-state index contributed by atoms with van der Waals surface area (Å²) in [4.78, 5) is 11.2. The van der Waals surface area contributed by atoms with E-state index in [0.717, 1.165) is 18.8 Å². The summed E-state index contributed by atoms with van der Waals surface area (Å²) in [5.74, 6) is 2.21. The van der Waals surface area contributed by atoms with Crippen LogP contribution in [0.3, 0.4) is 0 Å².